The highest BCUT2D eigenvalue weighted by Crippen LogP contribution is 2.13. The molecule has 0 N–H and O–H groups in total. The van der Waals surface area contributed by atoms with Crippen molar-refractivity contribution in [1.82, 2.24) is 9.80 Å². The minimum atomic E-state index is -0.0954. The van der Waals surface area contributed by atoms with Crippen molar-refractivity contribution >= 4 is 11.8 Å². The lowest BCUT2D eigenvalue weighted by Gasteiger charge is -2.26. The molecule has 2 rings (SSSR count). The largest absolute Gasteiger partial charge is 0.497 e. The number of amides is 2. The number of nitrogens with zero attached hydrogens (tertiary/aromatic N) is 2. The minimum absolute atomic E-state index is 0.0396. The van der Waals surface area contributed by atoms with E-state index in [9.17, 15) is 9.59 Å². The summed E-state index contributed by atoms with van der Waals surface area (Å²) in [5.74, 6) is 0.655. The SMILES string of the molecule is CCN(Cc1ccccc1)C(=O)CN(CCc1cccc(OC)c1)C(C)=O. The van der Waals surface area contributed by atoms with E-state index in [0.29, 0.717) is 26.1 Å². The Balaban J connectivity index is 1.96. The highest BCUT2D eigenvalue weighted by molar-refractivity contribution is 5.83. The van der Waals surface area contributed by atoms with Crippen LogP contribution in [0.3, 0.4) is 0 Å². The quantitative estimate of drug-likeness (QED) is 0.683. The summed E-state index contributed by atoms with van der Waals surface area (Å²) < 4.78 is 5.23. The summed E-state index contributed by atoms with van der Waals surface area (Å²) in [6, 6.07) is 17.6. The molecule has 2 aromatic carbocycles. The van der Waals surface area contributed by atoms with Gasteiger partial charge < -0.3 is 14.5 Å². The van der Waals surface area contributed by atoms with Gasteiger partial charge in [-0.1, -0.05) is 42.5 Å². The van der Waals surface area contributed by atoms with Gasteiger partial charge in [-0.05, 0) is 36.6 Å². The van der Waals surface area contributed by atoms with Gasteiger partial charge in [0.15, 0.2) is 0 Å². The molecule has 0 saturated carbocycles. The zero-order valence-electron chi connectivity index (χ0n) is 16.4. The van der Waals surface area contributed by atoms with Crippen LogP contribution in [0.1, 0.15) is 25.0 Å². The van der Waals surface area contributed by atoms with Crippen LogP contribution < -0.4 is 4.74 Å². The van der Waals surface area contributed by atoms with E-state index in [0.717, 1.165) is 16.9 Å². The first-order valence-electron chi connectivity index (χ1n) is 9.23. The summed E-state index contributed by atoms with van der Waals surface area (Å²) in [5, 5.41) is 0. The first-order valence-corrected chi connectivity index (χ1v) is 9.23. The molecule has 0 radical (unpaired) electrons. The van der Waals surface area contributed by atoms with Gasteiger partial charge in [0, 0.05) is 26.6 Å². The standard InChI is InChI=1S/C22H28N2O3/c1-4-23(16-20-9-6-5-7-10-20)22(26)17-24(18(2)25)14-13-19-11-8-12-21(15-19)27-3/h5-12,15H,4,13-14,16-17H2,1-3H3. The monoisotopic (exact) mass is 368 g/mol. The van der Waals surface area contributed by atoms with Gasteiger partial charge in [0.05, 0.1) is 13.7 Å². The minimum Gasteiger partial charge on any atom is -0.497 e. The maximum atomic E-state index is 12.7. The van der Waals surface area contributed by atoms with Gasteiger partial charge in [-0.25, -0.2) is 0 Å². The molecule has 0 atom stereocenters. The van der Waals surface area contributed by atoms with Crippen LogP contribution in [-0.2, 0) is 22.6 Å². The van der Waals surface area contributed by atoms with Gasteiger partial charge in [-0.2, -0.15) is 0 Å². The molecule has 0 saturated heterocycles. The Hall–Kier alpha value is -2.82. The Bertz CT molecular complexity index is 746. The van der Waals surface area contributed by atoms with Crippen LogP contribution in [0.2, 0.25) is 0 Å². The third-order valence-electron chi connectivity index (χ3n) is 4.53. The fourth-order valence-electron chi connectivity index (χ4n) is 2.88. The third-order valence-corrected chi connectivity index (χ3v) is 4.53. The molecule has 0 spiro atoms. The maximum Gasteiger partial charge on any atom is 0.242 e. The molecule has 0 bridgehead atoms. The Morgan fingerprint density at radius 1 is 0.963 bits per heavy atom. The van der Waals surface area contributed by atoms with Crippen LogP contribution in [0.15, 0.2) is 54.6 Å². The maximum absolute atomic E-state index is 12.7. The lowest BCUT2D eigenvalue weighted by Crippen LogP contribution is -2.42. The molecule has 144 valence electrons. The van der Waals surface area contributed by atoms with Crippen LogP contribution in [0.4, 0.5) is 0 Å². The van der Waals surface area contributed by atoms with Crippen molar-refractivity contribution in [3.8, 4) is 5.75 Å². The molecule has 5 heteroatoms. The number of methoxy groups -OCH3 is 1. The van der Waals surface area contributed by atoms with E-state index in [2.05, 4.69) is 0 Å². The van der Waals surface area contributed by atoms with Gasteiger partial charge in [-0.15, -0.1) is 0 Å². The summed E-state index contributed by atoms with van der Waals surface area (Å²) >= 11 is 0. The van der Waals surface area contributed by atoms with Gasteiger partial charge in [0.1, 0.15) is 5.75 Å². The molecule has 0 unspecified atom stereocenters. The number of benzene rings is 2. The number of likely N-dealkylation sites (N-methyl/N-ethyl adjacent to an activating group) is 1. The van der Waals surface area contributed by atoms with Crippen molar-refractivity contribution in [3.63, 3.8) is 0 Å². The molecule has 0 aliphatic heterocycles. The second-order valence-corrected chi connectivity index (χ2v) is 6.44. The summed E-state index contributed by atoms with van der Waals surface area (Å²) in [5.41, 5.74) is 2.16. The van der Waals surface area contributed by atoms with Gasteiger partial charge in [0.2, 0.25) is 11.8 Å². The number of ether oxygens (including phenoxy) is 1. The second-order valence-electron chi connectivity index (χ2n) is 6.44. The van der Waals surface area contributed by atoms with Gasteiger partial charge in [-0.3, -0.25) is 9.59 Å². The average molecular weight is 368 g/mol. The zero-order valence-corrected chi connectivity index (χ0v) is 16.4. The fourth-order valence-corrected chi connectivity index (χ4v) is 2.88. The van der Waals surface area contributed by atoms with Crippen molar-refractivity contribution in [2.45, 2.75) is 26.8 Å². The molecule has 0 fully saturated rings. The topological polar surface area (TPSA) is 49.9 Å². The van der Waals surface area contributed by atoms with Gasteiger partial charge >= 0.3 is 0 Å². The molecule has 0 aromatic heterocycles. The lowest BCUT2D eigenvalue weighted by atomic mass is 10.1. The molecule has 0 aliphatic rings. The van der Waals surface area contributed by atoms with Crippen molar-refractivity contribution < 1.29 is 14.3 Å². The Morgan fingerprint density at radius 2 is 1.67 bits per heavy atom. The van der Waals surface area contributed by atoms with E-state index < -0.39 is 0 Å². The molecule has 5 nitrogen and oxygen atoms in total. The fraction of sp³-hybridized carbons (Fsp3) is 0.364. The summed E-state index contributed by atoms with van der Waals surface area (Å²) in [4.78, 5) is 28.1. The summed E-state index contributed by atoms with van der Waals surface area (Å²) in [7, 11) is 1.63. The first-order chi connectivity index (χ1) is 13.0. The van der Waals surface area contributed by atoms with E-state index in [4.69, 9.17) is 4.74 Å². The highest BCUT2D eigenvalue weighted by atomic mass is 16.5. The van der Waals surface area contributed by atoms with E-state index in [1.165, 1.54) is 6.92 Å². The molecule has 0 aliphatic carbocycles. The zero-order chi connectivity index (χ0) is 19.6. The van der Waals surface area contributed by atoms with Crippen LogP contribution in [0.5, 0.6) is 5.75 Å². The Kier molecular flexibility index (Phi) is 7.86. The smallest absolute Gasteiger partial charge is 0.242 e. The molecular weight excluding hydrogens is 340 g/mol. The van der Waals surface area contributed by atoms with Crippen molar-refractivity contribution in [3.05, 3.63) is 65.7 Å². The first kappa shape index (κ1) is 20.5. The van der Waals surface area contributed by atoms with Gasteiger partial charge in [0.25, 0.3) is 0 Å². The van der Waals surface area contributed by atoms with Crippen molar-refractivity contribution in [2.24, 2.45) is 0 Å². The van der Waals surface area contributed by atoms with Crippen LogP contribution in [0.25, 0.3) is 0 Å². The summed E-state index contributed by atoms with van der Waals surface area (Å²) in [6.45, 7) is 5.21. The molecule has 27 heavy (non-hydrogen) atoms. The van der Waals surface area contributed by atoms with E-state index in [1.54, 1.807) is 16.9 Å². The van der Waals surface area contributed by atoms with Crippen LogP contribution >= 0.6 is 0 Å². The summed E-state index contributed by atoms with van der Waals surface area (Å²) in [6.07, 6.45) is 0.675. The molecule has 2 aromatic rings. The number of rotatable bonds is 9. The lowest BCUT2D eigenvalue weighted by molar-refractivity contribution is -0.139. The molecule has 0 heterocycles. The number of hydrogen-bond donors (Lipinski definition) is 0. The van der Waals surface area contributed by atoms with Crippen molar-refractivity contribution in [2.75, 3.05) is 26.7 Å². The number of hydrogen-bond acceptors (Lipinski definition) is 3. The average Bonchev–Trinajstić information content (AvgIpc) is 2.69. The number of carbonyl (C=O) groups is 2. The van der Waals surface area contributed by atoms with Crippen molar-refractivity contribution in [1.29, 1.82) is 0 Å². The normalized spacial score (nSPS) is 10.3. The van der Waals surface area contributed by atoms with Crippen LogP contribution in [-0.4, -0.2) is 48.4 Å². The van der Waals surface area contributed by atoms with E-state index in [1.807, 2.05) is 61.5 Å². The predicted octanol–water partition coefficient (Wildman–Crippen LogP) is 3.13. The molecular formula is C22H28N2O3. The Morgan fingerprint density at radius 3 is 2.30 bits per heavy atom. The predicted molar refractivity (Wildman–Crippen MR) is 106 cm³/mol. The van der Waals surface area contributed by atoms with E-state index >= 15 is 0 Å². The Labute approximate surface area is 161 Å². The van der Waals surface area contributed by atoms with E-state index in [-0.39, 0.29) is 18.4 Å². The molecule has 2 amide bonds. The third kappa shape index (κ3) is 6.44. The van der Waals surface area contributed by atoms with Crippen LogP contribution in [0, 0.1) is 0 Å². The second kappa shape index (κ2) is 10.4. The number of carbonyl (C=O) groups excluding carboxylic acids is 2. The highest BCUT2D eigenvalue weighted by Gasteiger charge is 2.18.